The molecule has 0 atom stereocenters. The summed E-state index contributed by atoms with van der Waals surface area (Å²) in [6, 6.07) is 7.73. The molecule has 1 aliphatic rings. The molecule has 10 nitrogen and oxygen atoms in total. The van der Waals surface area contributed by atoms with Crippen LogP contribution < -0.4 is 20.7 Å². The quantitative estimate of drug-likeness (QED) is 0.303. The van der Waals surface area contributed by atoms with Gasteiger partial charge in [0.15, 0.2) is 6.61 Å². The van der Waals surface area contributed by atoms with Gasteiger partial charge in [0.25, 0.3) is 17.7 Å². The van der Waals surface area contributed by atoms with Crippen molar-refractivity contribution in [3.8, 4) is 5.75 Å². The molecule has 170 valence electrons. The number of hydrogen-bond donors (Lipinski definition) is 2. The SMILES string of the molecule is COC(=O)c1ccc(N2C(=O)NC(=O)/C(=C\c3cc(Br)c(OCC(N)=O)c(Br)c3)C2=O)cc1. The molecule has 0 saturated carbocycles. The molecule has 5 amide bonds. The number of benzene rings is 2. The summed E-state index contributed by atoms with van der Waals surface area (Å²) >= 11 is 6.60. The number of urea groups is 1. The molecule has 0 aliphatic carbocycles. The minimum atomic E-state index is -0.925. The van der Waals surface area contributed by atoms with Gasteiger partial charge >= 0.3 is 12.0 Å². The normalized spacial score (nSPS) is 14.8. The molecule has 0 radical (unpaired) electrons. The maximum absolute atomic E-state index is 13.0. The Balaban J connectivity index is 1.94. The van der Waals surface area contributed by atoms with Gasteiger partial charge in [-0.2, -0.15) is 0 Å². The van der Waals surface area contributed by atoms with Crippen LogP contribution in [0.4, 0.5) is 10.5 Å². The first-order valence-corrected chi connectivity index (χ1v) is 10.7. The third-order valence-corrected chi connectivity index (χ3v) is 5.52. The number of rotatable bonds is 6. The number of halogens is 2. The number of nitrogens with zero attached hydrogens (tertiary/aromatic N) is 1. The molecule has 0 spiro atoms. The Labute approximate surface area is 203 Å². The molecule has 1 aliphatic heterocycles. The summed E-state index contributed by atoms with van der Waals surface area (Å²) in [5.74, 6) is -2.65. The zero-order valence-electron chi connectivity index (χ0n) is 16.9. The van der Waals surface area contributed by atoms with Crippen molar-refractivity contribution in [3.63, 3.8) is 0 Å². The molecule has 1 fully saturated rings. The van der Waals surface area contributed by atoms with Gasteiger partial charge in [-0.15, -0.1) is 0 Å². The Hall–Kier alpha value is -3.51. The highest BCUT2D eigenvalue weighted by Gasteiger charge is 2.37. The van der Waals surface area contributed by atoms with Crippen LogP contribution in [0.3, 0.4) is 0 Å². The van der Waals surface area contributed by atoms with Crippen molar-refractivity contribution < 1.29 is 33.4 Å². The van der Waals surface area contributed by atoms with Crippen molar-refractivity contribution in [2.24, 2.45) is 5.73 Å². The smallest absolute Gasteiger partial charge is 0.337 e. The average Bonchev–Trinajstić information content (AvgIpc) is 2.75. The van der Waals surface area contributed by atoms with Crippen LogP contribution in [0.1, 0.15) is 15.9 Å². The zero-order chi connectivity index (χ0) is 24.3. The molecular weight excluding hydrogens is 566 g/mol. The summed E-state index contributed by atoms with van der Waals surface area (Å²) in [6.45, 7) is -0.343. The lowest BCUT2D eigenvalue weighted by atomic mass is 10.1. The Morgan fingerprint density at radius 3 is 2.24 bits per heavy atom. The van der Waals surface area contributed by atoms with Gasteiger partial charge in [0.2, 0.25) is 0 Å². The summed E-state index contributed by atoms with van der Waals surface area (Å²) < 4.78 is 10.8. The van der Waals surface area contributed by atoms with Crippen LogP contribution in [0.25, 0.3) is 6.08 Å². The Bertz CT molecular complexity index is 1190. The number of carbonyl (C=O) groups is 5. The van der Waals surface area contributed by atoms with Crippen LogP contribution in [0.5, 0.6) is 5.75 Å². The highest BCUT2D eigenvalue weighted by Crippen LogP contribution is 2.35. The van der Waals surface area contributed by atoms with E-state index in [1.54, 1.807) is 12.1 Å². The summed E-state index contributed by atoms with van der Waals surface area (Å²) in [6.07, 6.45) is 1.30. The highest BCUT2D eigenvalue weighted by atomic mass is 79.9. The van der Waals surface area contributed by atoms with E-state index in [1.807, 2.05) is 0 Å². The number of imide groups is 2. The van der Waals surface area contributed by atoms with E-state index >= 15 is 0 Å². The minimum absolute atomic E-state index is 0.154. The first-order valence-electron chi connectivity index (χ1n) is 9.12. The predicted molar refractivity (Wildman–Crippen MR) is 123 cm³/mol. The van der Waals surface area contributed by atoms with Gasteiger partial charge < -0.3 is 15.2 Å². The number of carbonyl (C=O) groups excluding carboxylic acids is 5. The van der Waals surface area contributed by atoms with Crippen molar-refractivity contribution in [2.75, 3.05) is 18.6 Å². The molecule has 2 aromatic carbocycles. The molecule has 12 heteroatoms. The van der Waals surface area contributed by atoms with E-state index < -0.39 is 29.7 Å². The molecule has 0 bridgehead atoms. The maximum atomic E-state index is 13.0. The Morgan fingerprint density at radius 1 is 1.09 bits per heavy atom. The second-order valence-corrected chi connectivity index (χ2v) is 8.27. The predicted octanol–water partition coefficient (Wildman–Crippen LogP) is 2.53. The number of nitrogens with one attached hydrogen (secondary N) is 1. The number of methoxy groups -OCH3 is 1. The van der Waals surface area contributed by atoms with Gasteiger partial charge in [0.1, 0.15) is 11.3 Å². The van der Waals surface area contributed by atoms with Crippen molar-refractivity contribution >= 4 is 73.3 Å². The number of esters is 1. The van der Waals surface area contributed by atoms with Gasteiger partial charge in [-0.1, -0.05) is 0 Å². The van der Waals surface area contributed by atoms with Crippen LogP contribution in [-0.2, 0) is 19.1 Å². The number of ether oxygens (including phenoxy) is 2. The number of hydrogen-bond acceptors (Lipinski definition) is 7. The van der Waals surface area contributed by atoms with E-state index in [0.29, 0.717) is 20.3 Å². The lowest BCUT2D eigenvalue weighted by Crippen LogP contribution is -2.54. The summed E-state index contributed by atoms with van der Waals surface area (Å²) in [4.78, 5) is 61.1. The van der Waals surface area contributed by atoms with E-state index in [9.17, 15) is 24.0 Å². The fourth-order valence-electron chi connectivity index (χ4n) is 2.87. The second kappa shape index (κ2) is 9.96. The zero-order valence-corrected chi connectivity index (χ0v) is 20.1. The number of nitrogens with two attached hydrogens (primary N) is 1. The Morgan fingerprint density at radius 2 is 1.70 bits per heavy atom. The van der Waals surface area contributed by atoms with Crippen LogP contribution in [0.15, 0.2) is 50.9 Å². The average molecular weight is 581 g/mol. The van der Waals surface area contributed by atoms with Crippen LogP contribution in [0, 0.1) is 0 Å². The van der Waals surface area contributed by atoms with Gasteiger partial charge in [-0.05, 0) is 79.9 Å². The second-order valence-electron chi connectivity index (χ2n) is 6.56. The van der Waals surface area contributed by atoms with Crippen LogP contribution >= 0.6 is 31.9 Å². The van der Waals surface area contributed by atoms with E-state index in [0.717, 1.165) is 4.90 Å². The monoisotopic (exact) mass is 579 g/mol. The first-order chi connectivity index (χ1) is 15.6. The van der Waals surface area contributed by atoms with Gasteiger partial charge in [-0.25, -0.2) is 14.5 Å². The lowest BCUT2D eigenvalue weighted by molar-refractivity contribution is -0.123. The number of barbiturate groups is 1. The van der Waals surface area contributed by atoms with E-state index in [-0.39, 0.29) is 23.4 Å². The Kier molecular flexibility index (Phi) is 7.29. The molecule has 33 heavy (non-hydrogen) atoms. The van der Waals surface area contributed by atoms with E-state index in [4.69, 9.17) is 10.5 Å². The first kappa shape index (κ1) is 24.1. The standard InChI is InChI=1S/C21H15Br2N3O7/c1-32-20(30)11-2-4-12(5-3-11)26-19(29)13(18(28)25-21(26)31)6-10-7-14(22)17(15(23)8-10)33-9-16(24)27/h2-8H,9H2,1H3,(H2,24,27)(H,25,28,31)/b13-6+. The molecule has 3 rings (SSSR count). The molecule has 1 heterocycles. The molecule has 0 aromatic heterocycles. The summed E-state index contributed by atoms with van der Waals surface area (Å²) in [7, 11) is 1.23. The minimum Gasteiger partial charge on any atom is -0.481 e. The molecule has 0 unspecified atom stereocenters. The highest BCUT2D eigenvalue weighted by molar-refractivity contribution is 9.11. The molecule has 3 N–H and O–H groups in total. The maximum Gasteiger partial charge on any atom is 0.337 e. The summed E-state index contributed by atoms with van der Waals surface area (Å²) in [5.41, 5.74) is 5.60. The van der Waals surface area contributed by atoms with Crippen LogP contribution in [-0.4, -0.2) is 43.4 Å². The topological polar surface area (TPSA) is 145 Å². The van der Waals surface area contributed by atoms with Gasteiger partial charge in [0, 0.05) is 0 Å². The molecular formula is C21H15Br2N3O7. The number of primary amides is 1. The van der Waals surface area contributed by atoms with Crippen molar-refractivity contribution in [2.45, 2.75) is 0 Å². The summed E-state index contributed by atoms with van der Waals surface area (Å²) in [5, 5.41) is 2.12. The number of amides is 5. The molecule has 1 saturated heterocycles. The molecule has 2 aromatic rings. The third kappa shape index (κ3) is 5.29. The van der Waals surface area contributed by atoms with Gasteiger partial charge in [-0.3, -0.25) is 19.7 Å². The van der Waals surface area contributed by atoms with Gasteiger partial charge in [0.05, 0.1) is 27.3 Å². The van der Waals surface area contributed by atoms with Crippen LogP contribution in [0.2, 0.25) is 0 Å². The largest absolute Gasteiger partial charge is 0.481 e. The number of anilines is 1. The third-order valence-electron chi connectivity index (χ3n) is 4.34. The van der Waals surface area contributed by atoms with E-state index in [2.05, 4.69) is 41.9 Å². The van der Waals surface area contributed by atoms with Crippen molar-refractivity contribution in [1.82, 2.24) is 5.32 Å². The fourth-order valence-corrected chi connectivity index (χ4v) is 4.32. The van der Waals surface area contributed by atoms with E-state index in [1.165, 1.54) is 37.5 Å². The van der Waals surface area contributed by atoms with Crippen molar-refractivity contribution in [3.05, 3.63) is 62.0 Å². The fraction of sp³-hybridized carbons (Fsp3) is 0.0952. The van der Waals surface area contributed by atoms with Crippen molar-refractivity contribution in [1.29, 1.82) is 0 Å². The lowest BCUT2D eigenvalue weighted by Gasteiger charge is -2.26.